The van der Waals surface area contributed by atoms with E-state index in [0.717, 1.165) is 6.19 Å². The van der Waals surface area contributed by atoms with Crippen molar-refractivity contribution >= 4 is 0 Å². The molecule has 0 aromatic rings. The average Bonchev–Trinajstić information content (AvgIpc) is 1.35. The Morgan fingerprint density at radius 3 is 2.29 bits per heavy atom. The number of nitro groups is 1. The van der Waals surface area contributed by atoms with Crippen molar-refractivity contribution in [3.05, 3.63) is 10.1 Å². The Morgan fingerprint density at radius 1 is 1.86 bits per heavy atom. The summed E-state index contributed by atoms with van der Waals surface area (Å²) in [5, 5.41) is 15.6. The summed E-state index contributed by atoms with van der Waals surface area (Å²) < 4.78 is 0. The fourth-order valence-corrected chi connectivity index (χ4v) is 0.0408. The number of rotatable bonds is 1. The van der Waals surface area contributed by atoms with Gasteiger partial charge in [0, 0.05) is 0 Å². The van der Waals surface area contributed by atoms with E-state index in [1.165, 1.54) is 5.43 Å². The summed E-state index contributed by atoms with van der Waals surface area (Å²) in [4.78, 5) is 9.07. The molecule has 0 saturated carbocycles. The fraction of sp³-hybridized carbons (Fsp3) is 0. The third kappa shape index (κ3) is 10.8. The maximum atomic E-state index is 9.07. The van der Waals surface area contributed by atoms with E-state index in [4.69, 9.17) is 15.4 Å². The predicted molar refractivity (Wildman–Crippen MR) is 15.7 cm³/mol. The molecule has 7 heavy (non-hydrogen) atoms. The summed E-state index contributed by atoms with van der Waals surface area (Å²) in [5.41, 5.74) is 1.24. The molecule has 0 atom stereocenters. The van der Waals surface area contributed by atoms with Crippen LogP contribution in [-0.4, -0.2) is 5.03 Å². The summed E-state index contributed by atoms with van der Waals surface area (Å²) in [6, 6.07) is 0. The molecule has 0 radical (unpaired) electrons. The molecule has 0 unspecified atom stereocenters. The Bertz CT molecular complexity index is 95.6. The van der Waals surface area contributed by atoms with Gasteiger partial charge in [-0.05, 0) is 5.43 Å². The quantitative estimate of drug-likeness (QED) is 0.196. The van der Waals surface area contributed by atoms with Crippen molar-refractivity contribution in [3.8, 4) is 6.19 Å². The van der Waals surface area contributed by atoms with Gasteiger partial charge in [-0.1, -0.05) is 0 Å². The molecule has 6 heteroatoms. The van der Waals surface area contributed by atoms with Crippen LogP contribution in [0.1, 0.15) is 0 Å². The zero-order chi connectivity index (χ0) is 4.99. The van der Waals surface area contributed by atoms with Gasteiger partial charge < -0.3 is 0 Å². The van der Waals surface area contributed by atoms with Crippen LogP contribution in [0.25, 0.3) is 0 Å². The van der Waals surface area contributed by atoms with Crippen LogP contribution < -0.4 is 5.43 Å². The molecule has 0 rings (SSSR count). The standard InChI is InChI=1S/CHN3O2.Ag/c2-1-3-4(5)6;/h3H;/q;+1. The minimum atomic E-state index is -0.931. The number of hydrogen-bond acceptors (Lipinski definition) is 3. The van der Waals surface area contributed by atoms with Crippen LogP contribution in [0.3, 0.4) is 0 Å². The van der Waals surface area contributed by atoms with Crippen LogP contribution in [0.5, 0.6) is 0 Å². The van der Waals surface area contributed by atoms with Crippen LogP contribution in [0, 0.1) is 21.6 Å². The average molecular weight is 195 g/mol. The van der Waals surface area contributed by atoms with Crippen LogP contribution >= 0.6 is 0 Å². The molecule has 42 valence electrons. The molecule has 0 aliphatic carbocycles. The second-order valence-electron chi connectivity index (χ2n) is 0.481. The number of hydrazine groups is 1. The minimum absolute atomic E-state index is 0. The van der Waals surface area contributed by atoms with Gasteiger partial charge in [-0.3, -0.25) is 0 Å². The van der Waals surface area contributed by atoms with Crippen molar-refractivity contribution in [1.29, 1.82) is 5.26 Å². The van der Waals surface area contributed by atoms with Gasteiger partial charge in [0.05, 0.1) is 0 Å². The Labute approximate surface area is 54.9 Å². The summed E-state index contributed by atoms with van der Waals surface area (Å²) in [7, 11) is 0. The first-order chi connectivity index (χ1) is 2.77. The maximum absolute atomic E-state index is 9.07. The van der Waals surface area contributed by atoms with E-state index >= 15 is 0 Å². The molecule has 0 aromatic carbocycles. The molecule has 0 aromatic heterocycles. The van der Waals surface area contributed by atoms with Crippen molar-refractivity contribution < 1.29 is 27.4 Å². The number of nitrogens with one attached hydrogen (secondary N) is 1. The van der Waals surface area contributed by atoms with Gasteiger partial charge >= 0.3 is 22.4 Å². The molecule has 0 aliphatic rings. The zero-order valence-electron chi connectivity index (χ0n) is 3.01. The molecule has 0 aliphatic heterocycles. The molecule has 0 saturated heterocycles. The van der Waals surface area contributed by atoms with E-state index < -0.39 is 5.03 Å². The Morgan fingerprint density at radius 2 is 2.29 bits per heavy atom. The molecule has 0 bridgehead atoms. The minimum Gasteiger partial charge on any atom is -0.234 e. The molecule has 0 fully saturated rings. The van der Waals surface area contributed by atoms with Crippen LogP contribution in [0.15, 0.2) is 0 Å². The monoisotopic (exact) mass is 194 g/mol. The largest absolute Gasteiger partial charge is 1.00 e. The molecule has 0 amide bonds. The smallest absolute Gasteiger partial charge is 0.234 e. The van der Waals surface area contributed by atoms with Gasteiger partial charge in [0.2, 0.25) is 6.19 Å². The van der Waals surface area contributed by atoms with E-state index in [0.29, 0.717) is 0 Å². The van der Waals surface area contributed by atoms with Crippen molar-refractivity contribution in [2.24, 2.45) is 0 Å². The molecular formula is CHAgN3O2+. The number of nitriles is 1. The zero-order valence-corrected chi connectivity index (χ0v) is 4.49. The van der Waals surface area contributed by atoms with Crippen molar-refractivity contribution in [2.75, 3.05) is 0 Å². The van der Waals surface area contributed by atoms with Gasteiger partial charge in [-0.15, -0.1) is 0 Å². The SMILES string of the molecule is N#CN[N+](=O)[O-].[Ag+]. The topological polar surface area (TPSA) is 79.0 Å². The van der Waals surface area contributed by atoms with Crippen LogP contribution in [0.4, 0.5) is 0 Å². The molecular weight excluding hydrogens is 194 g/mol. The predicted octanol–water partition coefficient (Wildman–Crippen LogP) is -0.754. The van der Waals surface area contributed by atoms with E-state index in [1.54, 1.807) is 0 Å². The van der Waals surface area contributed by atoms with E-state index in [9.17, 15) is 0 Å². The Hall–Kier alpha value is -0.570. The van der Waals surface area contributed by atoms with Gasteiger partial charge in [0.1, 0.15) is 0 Å². The van der Waals surface area contributed by atoms with E-state index in [1.807, 2.05) is 0 Å². The first-order valence-corrected chi connectivity index (χ1v) is 1.06. The van der Waals surface area contributed by atoms with Crippen LogP contribution in [-0.2, 0) is 22.4 Å². The molecule has 0 heterocycles. The van der Waals surface area contributed by atoms with Crippen LogP contribution in [0.2, 0.25) is 0 Å². The summed E-state index contributed by atoms with van der Waals surface area (Å²) in [6.45, 7) is 0. The van der Waals surface area contributed by atoms with Gasteiger partial charge in [0.25, 0.3) is 0 Å². The number of nitrogens with zero attached hydrogens (tertiary/aromatic N) is 2. The van der Waals surface area contributed by atoms with Gasteiger partial charge in [-0.25, -0.2) is 10.1 Å². The van der Waals surface area contributed by atoms with Crippen molar-refractivity contribution in [2.45, 2.75) is 0 Å². The van der Waals surface area contributed by atoms with Crippen molar-refractivity contribution in [1.82, 2.24) is 5.43 Å². The van der Waals surface area contributed by atoms with E-state index in [-0.39, 0.29) is 22.4 Å². The van der Waals surface area contributed by atoms with Gasteiger partial charge in [0.15, 0.2) is 5.03 Å². The third-order valence-corrected chi connectivity index (χ3v) is 0.141. The second kappa shape index (κ2) is 5.43. The molecule has 0 spiro atoms. The normalized spacial score (nSPS) is 5.00. The van der Waals surface area contributed by atoms with E-state index in [2.05, 4.69) is 0 Å². The second-order valence-corrected chi connectivity index (χ2v) is 0.481. The van der Waals surface area contributed by atoms with Gasteiger partial charge in [-0.2, -0.15) is 5.26 Å². The summed E-state index contributed by atoms with van der Waals surface area (Å²) in [6.07, 6.45) is 1.12. The fourth-order valence-electron chi connectivity index (χ4n) is 0.0408. The molecule has 1 N–H and O–H groups in total. The molecule has 5 nitrogen and oxygen atoms in total. The maximum Gasteiger partial charge on any atom is 1.00 e. The Balaban J connectivity index is 0. The van der Waals surface area contributed by atoms with Crippen molar-refractivity contribution in [3.63, 3.8) is 0 Å². The number of hydrogen-bond donors (Lipinski definition) is 1. The first kappa shape index (κ1) is 9.66. The summed E-state index contributed by atoms with van der Waals surface area (Å²) >= 11 is 0. The Kier molecular flexibility index (Phi) is 7.49. The first-order valence-electron chi connectivity index (χ1n) is 1.06. The summed E-state index contributed by atoms with van der Waals surface area (Å²) in [5.74, 6) is 0. The third-order valence-electron chi connectivity index (χ3n) is 0.141.